The summed E-state index contributed by atoms with van der Waals surface area (Å²) in [4.78, 5) is 14.7. The predicted octanol–water partition coefficient (Wildman–Crippen LogP) is 1.20. The zero-order chi connectivity index (χ0) is 13.9. The van der Waals surface area contributed by atoms with Crippen LogP contribution in [0.4, 0.5) is 0 Å². The zero-order valence-corrected chi connectivity index (χ0v) is 14.8. The van der Waals surface area contributed by atoms with E-state index >= 15 is 0 Å². The van der Waals surface area contributed by atoms with Gasteiger partial charge in [-0.3, -0.25) is 9.69 Å². The number of hydrogen-bond donors (Lipinski definition) is 2. The second kappa shape index (κ2) is 9.16. The SMILES string of the molecule is COC1(C(=O)NCC(C)N(C)C2CC2)CCNCC1.Cl.Cl. The molecule has 1 aliphatic heterocycles. The largest absolute Gasteiger partial charge is 0.368 e. The standard InChI is InChI=1S/C14H27N3O2.2ClH/c1-11(17(2)12-4-5-12)10-16-13(18)14(19-3)6-8-15-9-7-14;;/h11-12,15H,4-10H2,1-3H3,(H,16,18);2*1H. The molecule has 1 amide bonds. The van der Waals surface area contributed by atoms with E-state index in [1.54, 1.807) is 7.11 Å². The molecule has 7 heteroatoms. The Bertz CT molecular complexity index is 321. The first-order valence-electron chi connectivity index (χ1n) is 7.35. The fourth-order valence-corrected chi connectivity index (χ4v) is 2.74. The van der Waals surface area contributed by atoms with Crippen molar-refractivity contribution in [1.82, 2.24) is 15.5 Å². The van der Waals surface area contributed by atoms with Crippen LogP contribution in [0.5, 0.6) is 0 Å². The minimum absolute atomic E-state index is 0. The van der Waals surface area contributed by atoms with Gasteiger partial charge >= 0.3 is 0 Å². The van der Waals surface area contributed by atoms with Gasteiger partial charge in [0.15, 0.2) is 0 Å². The molecule has 0 bridgehead atoms. The van der Waals surface area contributed by atoms with Crippen LogP contribution < -0.4 is 10.6 Å². The molecule has 1 atom stereocenters. The number of piperidine rings is 1. The molecule has 0 spiro atoms. The van der Waals surface area contributed by atoms with Crippen molar-refractivity contribution in [3.8, 4) is 0 Å². The van der Waals surface area contributed by atoms with E-state index in [0.717, 1.165) is 32.0 Å². The molecule has 1 saturated heterocycles. The normalized spacial score (nSPS) is 21.9. The Balaban J connectivity index is 0.00000200. The topological polar surface area (TPSA) is 53.6 Å². The van der Waals surface area contributed by atoms with Crippen molar-refractivity contribution in [3.05, 3.63) is 0 Å². The van der Waals surface area contributed by atoms with E-state index in [1.165, 1.54) is 12.8 Å². The second-order valence-corrected chi connectivity index (χ2v) is 5.90. The summed E-state index contributed by atoms with van der Waals surface area (Å²) >= 11 is 0. The minimum Gasteiger partial charge on any atom is -0.368 e. The summed E-state index contributed by atoms with van der Waals surface area (Å²) in [7, 11) is 3.79. The number of rotatable bonds is 6. The van der Waals surface area contributed by atoms with Crippen LogP contribution in [0.2, 0.25) is 0 Å². The molecule has 1 unspecified atom stereocenters. The summed E-state index contributed by atoms with van der Waals surface area (Å²) in [6, 6.07) is 1.11. The highest BCUT2D eigenvalue weighted by atomic mass is 35.5. The van der Waals surface area contributed by atoms with Crippen LogP contribution in [0.15, 0.2) is 0 Å². The second-order valence-electron chi connectivity index (χ2n) is 5.90. The Morgan fingerprint density at radius 1 is 1.38 bits per heavy atom. The predicted molar refractivity (Wildman–Crippen MR) is 89.6 cm³/mol. The maximum atomic E-state index is 12.4. The van der Waals surface area contributed by atoms with E-state index in [-0.39, 0.29) is 30.7 Å². The van der Waals surface area contributed by atoms with Crippen LogP contribution in [0.25, 0.3) is 0 Å². The highest BCUT2D eigenvalue weighted by Crippen LogP contribution is 2.27. The first kappa shape index (κ1) is 20.9. The van der Waals surface area contributed by atoms with Gasteiger partial charge in [0.1, 0.15) is 5.60 Å². The fourth-order valence-electron chi connectivity index (χ4n) is 2.74. The van der Waals surface area contributed by atoms with Gasteiger partial charge in [0, 0.05) is 25.7 Å². The average Bonchev–Trinajstić information content (AvgIpc) is 3.28. The summed E-state index contributed by atoms with van der Waals surface area (Å²) in [6.07, 6.45) is 4.09. The van der Waals surface area contributed by atoms with Crippen molar-refractivity contribution >= 4 is 30.7 Å². The van der Waals surface area contributed by atoms with Gasteiger partial charge in [0.2, 0.25) is 0 Å². The molecule has 5 nitrogen and oxygen atoms in total. The Morgan fingerprint density at radius 3 is 2.43 bits per heavy atom. The van der Waals surface area contributed by atoms with Crippen molar-refractivity contribution in [2.24, 2.45) is 0 Å². The van der Waals surface area contributed by atoms with Crippen LogP contribution in [-0.2, 0) is 9.53 Å². The van der Waals surface area contributed by atoms with Crippen LogP contribution in [0.1, 0.15) is 32.6 Å². The van der Waals surface area contributed by atoms with Gasteiger partial charge in [-0.05, 0) is 52.7 Å². The number of nitrogens with one attached hydrogen (secondary N) is 2. The van der Waals surface area contributed by atoms with Crippen molar-refractivity contribution in [1.29, 1.82) is 0 Å². The molecule has 126 valence electrons. The lowest BCUT2D eigenvalue weighted by Crippen LogP contribution is -2.55. The fraction of sp³-hybridized carbons (Fsp3) is 0.929. The van der Waals surface area contributed by atoms with Crippen molar-refractivity contribution in [3.63, 3.8) is 0 Å². The van der Waals surface area contributed by atoms with Gasteiger partial charge in [-0.25, -0.2) is 0 Å². The highest BCUT2D eigenvalue weighted by molar-refractivity contribution is 5.86. The summed E-state index contributed by atoms with van der Waals surface area (Å²) in [5, 5.41) is 6.34. The smallest absolute Gasteiger partial charge is 0.252 e. The van der Waals surface area contributed by atoms with E-state index in [2.05, 4.69) is 29.5 Å². The molecule has 1 aliphatic carbocycles. The average molecular weight is 342 g/mol. The van der Waals surface area contributed by atoms with Crippen molar-refractivity contribution in [2.45, 2.75) is 50.3 Å². The van der Waals surface area contributed by atoms with E-state index in [4.69, 9.17) is 4.74 Å². The molecule has 0 aromatic carbocycles. The Kier molecular flexibility index (Phi) is 9.12. The van der Waals surface area contributed by atoms with E-state index in [1.807, 2.05) is 0 Å². The Labute approximate surface area is 140 Å². The van der Waals surface area contributed by atoms with Crippen LogP contribution >= 0.6 is 24.8 Å². The molecule has 2 fully saturated rings. The number of ether oxygens (including phenoxy) is 1. The zero-order valence-electron chi connectivity index (χ0n) is 13.2. The molecule has 1 saturated carbocycles. The number of nitrogens with zero attached hydrogens (tertiary/aromatic N) is 1. The van der Waals surface area contributed by atoms with Crippen LogP contribution in [0.3, 0.4) is 0 Å². The van der Waals surface area contributed by atoms with Gasteiger partial charge < -0.3 is 15.4 Å². The third-order valence-electron chi connectivity index (χ3n) is 4.59. The summed E-state index contributed by atoms with van der Waals surface area (Å²) in [6.45, 7) is 4.56. The molecular formula is C14H29Cl2N3O2. The van der Waals surface area contributed by atoms with Gasteiger partial charge in [-0.2, -0.15) is 0 Å². The Morgan fingerprint density at radius 2 is 1.95 bits per heavy atom. The molecule has 2 N–H and O–H groups in total. The minimum atomic E-state index is -0.622. The number of amides is 1. The highest BCUT2D eigenvalue weighted by Gasteiger charge is 2.39. The van der Waals surface area contributed by atoms with E-state index < -0.39 is 5.60 Å². The first-order valence-corrected chi connectivity index (χ1v) is 7.35. The van der Waals surface area contributed by atoms with Gasteiger partial charge in [-0.1, -0.05) is 0 Å². The third kappa shape index (κ3) is 5.25. The van der Waals surface area contributed by atoms with Crippen LogP contribution in [-0.4, -0.2) is 62.3 Å². The molecule has 0 aromatic heterocycles. The molecular weight excluding hydrogens is 313 g/mol. The Hall–Kier alpha value is -0.0700. The lowest BCUT2D eigenvalue weighted by molar-refractivity contribution is -0.146. The summed E-state index contributed by atoms with van der Waals surface area (Å²) in [5.41, 5.74) is -0.622. The maximum absolute atomic E-state index is 12.4. The first-order chi connectivity index (χ1) is 9.09. The van der Waals surface area contributed by atoms with Crippen molar-refractivity contribution in [2.75, 3.05) is 33.8 Å². The quantitative estimate of drug-likeness (QED) is 0.762. The lowest BCUT2D eigenvalue weighted by atomic mass is 9.91. The van der Waals surface area contributed by atoms with Gasteiger partial charge in [0.25, 0.3) is 5.91 Å². The number of carbonyl (C=O) groups is 1. The molecule has 2 aliphatic rings. The number of methoxy groups -OCH3 is 1. The summed E-state index contributed by atoms with van der Waals surface area (Å²) in [5.74, 6) is 0.0487. The van der Waals surface area contributed by atoms with E-state index in [9.17, 15) is 4.79 Å². The maximum Gasteiger partial charge on any atom is 0.252 e. The number of carbonyl (C=O) groups excluding carboxylic acids is 1. The van der Waals surface area contributed by atoms with Gasteiger partial charge in [-0.15, -0.1) is 24.8 Å². The van der Waals surface area contributed by atoms with Gasteiger partial charge in [0.05, 0.1) is 0 Å². The monoisotopic (exact) mass is 341 g/mol. The molecule has 1 heterocycles. The van der Waals surface area contributed by atoms with Crippen molar-refractivity contribution < 1.29 is 9.53 Å². The van der Waals surface area contributed by atoms with Crippen LogP contribution in [0, 0.1) is 0 Å². The molecule has 21 heavy (non-hydrogen) atoms. The van der Waals surface area contributed by atoms with E-state index in [0.29, 0.717) is 12.6 Å². The molecule has 2 rings (SSSR count). The molecule has 0 aromatic rings. The molecule has 0 radical (unpaired) electrons. The summed E-state index contributed by atoms with van der Waals surface area (Å²) < 4.78 is 5.53. The number of halogens is 2. The number of hydrogen-bond acceptors (Lipinski definition) is 4. The number of likely N-dealkylation sites (N-methyl/N-ethyl adjacent to an activating group) is 1. The third-order valence-corrected chi connectivity index (χ3v) is 4.59. The lowest BCUT2D eigenvalue weighted by Gasteiger charge is -2.35.